The normalized spacial score (nSPS) is 19.3. The van der Waals surface area contributed by atoms with Crippen molar-refractivity contribution in [2.75, 3.05) is 18.0 Å². The maximum atomic E-state index is 13.4. The van der Waals surface area contributed by atoms with Crippen molar-refractivity contribution in [1.82, 2.24) is 20.2 Å². The summed E-state index contributed by atoms with van der Waals surface area (Å²) in [4.78, 5) is 11.7. The molecule has 1 aliphatic carbocycles. The summed E-state index contributed by atoms with van der Waals surface area (Å²) in [6.45, 7) is 2.07. The fraction of sp³-hybridized carbons (Fsp3) is 0.450. The van der Waals surface area contributed by atoms with Gasteiger partial charge in [0.25, 0.3) is 0 Å². The molecule has 1 aromatic carbocycles. The first-order valence-corrected chi connectivity index (χ1v) is 9.93. The van der Waals surface area contributed by atoms with Gasteiger partial charge in [-0.05, 0) is 49.3 Å². The molecule has 3 heterocycles. The Kier molecular flexibility index (Phi) is 4.04. The van der Waals surface area contributed by atoms with Crippen LogP contribution in [0.15, 0.2) is 24.4 Å². The number of fused-ring (bicyclic) bond motifs is 1. The Morgan fingerprint density at radius 2 is 1.89 bits per heavy atom. The molecule has 1 saturated carbocycles. The van der Waals surface area contributed by atoms with E-state index in [1.807, 2.05) is 6.20 Å². The molecule has 0 amide bonds. The highest BCUT2D eigenvalue weighted by atomic mass is 35.5. The van der Waals surface area contributed by atoms with Crippen molar-refractivity contribution in [1.29, 1.82) is 0 Å². The average molecular weight is 386 g/mol. The van der Waals surface area contributed by atoms with Crippen LogP contribution in [0.3, 0.4) is 0 Å². The highest BCUT2D eigenvalue weighted by molar-refractivity contribution is 6.31. The number of aromatic amines is 1. The third-order valence-electron chi connectivity index (χ3n) is 6.26. The number of piperidine rings is 1. The highest BCUT2D eigenvalue weighted by Crippen LogP contribution is 2.46. The van der Waals surface area contributed by atoms with Gasteiger partial charge in [0.15, 0.2) is 5.65 Å². The molecule has 1 aliphatic heterocycles. The van der Waals surface area contributed by atoms with Crippen LogP contribution in [0, 0.1) is 11.2 Å². The second-order valence-electron chi connectivity index (χ2n) is 7.82. The van der Waals surface area contributed by atoms with Crippen molar-refractivity contribution in [2.45, 2.75) is 38.5 Å². The predicted molar refractivity (Wildman–Crippen MR) is 104 cm³/mol. The Morgan fingerprint density at radius 1 is 1.11 bits per heavy atom. The van der Waals surface area contributed by atoms with Crippen molar-refractivity contribution >= 4 is 28.6 Å². The van der Waals surface area contributed by atoms with E-state index in [0.29, 0.717) is 22.3 Å². The highest BCUT2D eigenvalue weighted by Gasteiger charge is 2.37. The molecule has 3 aromatic rings. The van der Waals surface area contributed by atoms with Crippen LogP contribution in [0.5, 0.6) is 0 Å². The van der Waals surface area contributed by atoms with Crippen molar-refractivity contribution in [3.8, 4) is 11.3 Å². The zero-order chi connectivity index (χ0) is 18.4. The zero-order valence-electron chi connectivity index (χ0n) is 15.0. The van der Waals surface area contributed by atoms with Crippen LogP contribution < -0.4 is 4.90 Å². The molecule has 0 bridgehead atoms. The summed E-state index contributed by atoms with van der Waals surface area (Å²) in [6.07, 6.45) is 9.85. The van der Waals surface area contributed by atoms with E-state index >= 15 is 0 Å². The van der Waals surface area contributed by atoms with Crippen LogP contribution in [0.4, 0.5) is 10.2 Å². The fourth-order valence-corrected chi connectivity index (χ4v) is 4.81. The summed E-state index contributed by atoms with van der Waals surface area (Å²) in [5.74, 6) is 0.446. The molecule has 7 heteroatoms. The molecular formula is C20H21ClFN5. The predicted octanol–water partition coefficient (Wildman–Crippen LogP) is 4.97. The molecule has 5 rings (SSSR count). The summed E-state index contributed by atoms with van der Waals surface area (Å²) in [7, 11) is 0. The minimum Gasteiger partial charge on any atom is -0.355 e. The van der Waals surface area contributed by atoms with E-state index in [9.17, 15) is 4.39 Å². The van der Waals surface area contributed by atoms with Crippen molar-refractivity contribution < 1.29 is 4.39 Å². The molecule has 1 saturated heterocycles. The Morgan fingerprint density at radius 3 is 2.63 bits per heavy atom. The molecule has 5 nitrogen and oxygen atoms in total. The van der Waals surface area contributed by atoms with Gasteiger partial charge in [0.1, 0.15) is 22.8 Å². The third kappa shape index (κ3) is 2.96. The summed E-state index contributed by atoms with van der Waals surface area (Å²) in [5, 5.41) is 7.36. The van der Waals surface area contributed by atoms with E-state index in [4.69, 9.17) is 16.6 Å². The van der Waals surface area contributed by atoms with E-state index in [0.717, 1.165) is 24.5 Å². The number of nitrogens with zero attached hydrogens (tertiary/aromatic N) is 4. The molecule has 1 spiro atoms. The minimum absolute atomic E-state index is 0.0717. The second-order valence-corrected chi connectivity index (χ2v) is 8.23. The van der Waals surface area contributed by atoms with Crippen LogP contribution >= 0.6 is 11.6 Å². The number of H-pyrrole nitrogens is 1. The van der Waals surface area contributed by atoms with Gasteiger partial charge < -0.3 is 4.90 Å². The Hall–Kier alpha value is -2.21. The SMILES string of the molecule is Fc1ccc(-c2n[nH]c3nc(N4CCC5(CCCC5)CC4)cnc23)cc1Cl. The van der Waals surface area contributed by atoms with Gasteiger partial charge in [0.2, 0.25) is 0 Å². The molecule has 2 aromatic heterocycles. The number of halogens is 2. The standard InChI is InChI=1S/C20H21ClFN5/c21-14-11-13(3-4-15(14)22)17-18-19(26-25-17)24-16(12-23-18)27-9-7-20(8-10-27)5-1-2-6-20/h3-4,11-12H,1-2,5-10H2,(H,24,25,26). The molecule has 0 radical (unpaired) electrons. The summed E-state index contributed by atoms with van der Waals surface area (Å²) in [5.41, 5.74) is 3.25. The van der Waals surface area contributed by atoms with E-state index in [1.165, 1.54) is 44.6 Å². The van der Waals surface area contributed by atoms with Crippen LogP contribution in [-0.4, -0.2) is 33.3 Å². The molecule has 1 N–H and O–H groups in total. The average Bonchev–Trinajstić information content (AvgIpc) is 3.31. The van der Waals surface area contributed by atoms with Gasteiger partial charge >= 0.3 is 0 Å². The van der Waals surface area contributed by atoms with Gasteiger partial charge in [-0.3, -0.25) is 5.10 Å². The number of hydrogen-bond acceptors (Lipinski definition) is 4. The lowest BCUT2D eigenvalue weighted by Crippen LogP contribution is -2.39. The molecular weight excluding hydrogens is 365 g/mol. The first kappa shape index (κ1) is 16.9. The van der Waals surface area contributed by atoms with Crippen LogP contribution in [-0.2, 0) is 0 Å². The number of aromatic nitrogens is 4. The summed E-state index contributed by atoms with van der Waals surface area (Å²) >= 11 is 5.90. The first-order chi connectivity index (χ1) is 13.1. The maximum absolute atomic E-state index is 13.4. The second kappa shape index (κ2) is 6.44. The Balaban J connectivity index is 1.41. The maximum Gasteiger partial charge on any atom is 0.177 e. The van der Waals surface area contributed by atoms with Crippen molar-refractivity contribution in [3.63, 3.8) is 0 Å². The van der Waals surface area contributed by atoms with E-state index < -0.39 is 5.82 Å². The molecule has 2 fully saturated rings. The molecule has 140 valence electrons. The van der Waals surface area contributed by atoms with Gasteiger partial charge in [0.05, 0.1) is 11.2 Å². The zero-order valence-corrected chi connectivity index (χ0v) is 15.8. The quantitative estimate of drug-likeness (QED) is 0.676. The van der Waals surface area contributed by atoms with E-state index in [1.54, 1.807) is 12.1 Å². The summed E-state index contributed by atoms with van der Waals surface area (Å²) in [6, 6.07) is 4.55. The van der Waals surface area contributed by atoms with Crippen LogP contribution in [0.1, 0.15) is 38.5 Å². The number of hydrogen-bond donors (Lipinski definition) is 1. The number of rotatable bonds is 2. The number of anilines is 1. The van der Waals surface area contributed by atoms with E-state index in [2.05, 4.69) is 20.1 Å². The lowest BCUT2D eigenvalue weighted by molar-refractivity contribution is 0.226. The van der Waals surface area contributed by atoms with Crippen molar-refractivity contribution in [3.05, 3.63) is 35.2 Å². The minimum atomic E-state index is -0.446. The molecule has 0 unspecified atom stereocenters. The van der Waals surface area contributed by atoms with Crippen LogP contribution in [0.2, 0.25) is 5.02 Å². The van der Waals surface area contributed by atoms with Gasteiger partial charge in [-0.2, -0.15) is 5.10 Å². The molecule has 27 heavy (non-hydrogen) atoms. The van der Waals surface area contributed by atoms with Crippen LogP contribution in [0.25, 0.3) is 22.4 Å². The summed E-state index contributed by atoms with van der Waals surface area (Å²) < 4.78 is 13.4. The third-order valence-corrected chi connectivity index (χ3v) is 6.55. The lowest BCUT2D eigenvalue weighted by Gasteiger charge is -2.39. The Labute approximate surface area is 162 Å². The van der Waals surface area contributed by atoms with Gasteiger partial charge in [0, 0.05) is 18.7 Å². The van der Waals surface area contributed by atoms with Gasteiger partial charge in [-0.15, -0.1) is 0 Å². The molecule has 2 aliphatic rings. The molecule has 0 atom stereocenters. The lowest BCUT2D eigenvalue weighted by atomic mass is 9.77. The fourth-order valence-electron chi connectivity index (χ4n) is 4.63. The van der Waals surface area contributed by atoms with Gasteiger partial charge in [-0.25, -0.2) is 14.4 Å². The topological polar surface area (TPSA) is 57.7 Å². The number of nitrogens with one attached hydrogen (secondary N) is 1. The smallest absolute Gasteiger partial charge is 0.177 e. The monoisotopic (exact) mass is 385 g/mol. The largest absolute Gasteiger partial charge is 0.355 e. The van der Waals surface area contributed by atoms with Crippen molar-refractivity contribution in [2.24, 2.45) is 5.41 Å². The number of benzene rings is 1. The van der Waals surface area contributed by atoms with E-state index in [-0.39, 0.29) is 5.02 Å². The van der Waals surface area contributed by atoms with Gasteiger partial charge in [-0.1, -0.05) is 24.4 Å². The Bertz CT molecular complexity index is 985. The first-order valence-electron chi connectivity index (χ1n) is 9.55.